The number of hydrogen-bond donors (Lipinski definition) is 3. The number of nitrogens with one attached hydrogen (secondary N) is 2. The Balaban J connectivity index is 2.13. The Morgan fingerprint density at radius 3 is 2.53 bits per heavy atom. The molecular weight excluding hydrogens is 288 g/mol. The van der Waals surface area contributed by atoms with Crippen LogP contribution in [0.3, 0.4) is 0 Å². The van der Waals surface area contributed by atoms with Gasteiger partial charge < -0.3 is 16.4 Å². The first-order valence-corrected chi connectivity index (χ1v) is 6.68. The summed E-state index contributed by atoms with van der Waals surface area (Å²) in [5.74, 6) is -1.54. The second kappa shape index (κ2) is 5.50. The maximum atomic E-state index is 13.3. The van der Waals surface area contributed by atoms with E-state index in [2.05, 4.69) is 10.6 Å². The topological polar surface area (TPSA) is 50.1 Å². The second-order valence-electron chi connectivity index (χ2n) is 3.90. The van der Waals surface area contributed by atoms with Crippen molar-refractivity contribution in [1.29, 1.82) is 0 Å². The molecule has 0 saturated heterocycles. The molecule has 0 bridgehead atoms. The first-order chi connectivity index (χ1) is 8.97. The third-order valence-electron chi connectivity index (χ3n) is 2.45. The molecule has 100 valence electrons. The molecule has 0 aliphatic rings. The van der Waals surface area contributed by atoms with Gasteiger partial charge in [0.2, 0.25) is 0 Å². The summed E-state index contributed by atoms with van der Waals surface area (Å²) in [6, 6.07) is 1.81. The van der Waals surface area contributed by atoms with Crippen LogP contribution in [0.5, 0.6) is 0 Å². The van der Waals surface area contributed by atoms with Gasteiger partial charge in [0, 0.05) is 11.4 Å². The van der Waals surface area contributed by atoms with E-state index in [9.17, 15) is 8.78 Å². The van der Waals surface area contributed by atoms with Crippen LogP contribution in [-0.2, 0) is 0 Å². The zero-order chi connectivity index (χ0) is 14.0. The van der Waals surface area contributed by atoms with Gasteiger partial charge in [0.25, 0.3) is 0 Å². The fraction of sp³-hybridized carbons (Fsp3) is 0.0833. The first-order valence-electron chi connectivity index (χ1n) is 5.32. The highest BCUT2D eigenvalue weighted by molar-refractivity contribution is 7.80. The summed E-state index contributed by atoms with van der Waals surface area (Å²) in [5.41, 5.74) is 7.32. The predicted octanol–water partition coefficient (Wildman–Crippen LogP) is 3.73. The summed E-state index contributed by atoms with van der Waals surface area (Å²) in [7, 11) is 0. The minimum absolute atomic E-state index is 0.0999. The molecule has 0 spiro atoms. The van der Waals surface area contributed by atoms with Gasteiger partial charge in [-0.05, 0) is 36.2 Å². The molecule has 0 unspecified atom stereocenters. The van der Waals surface area contributed by atoms with Crippen LogP contribution in [-0.4, -0.2) is 5.11 Å². The molecule has 0 aliphatic heterocycles. The number of rotatable bonds is 2. The molecule has 7 heteroatoms. The smallest absolute Gasteiger partial charge is 0.175 e. The number of anilines is 3. The molecule has 1 aromatic carbocycles. The lowest BCUT2D eigenvalue weighted by Gasteiger charge is -2.12. The number of halogens is 2. The molecule has 0 radical (unpaired) electrons. The fourth-order valence-electron chi connectivity index (χ4n) is 1.45. The lowest BCUT2D eigenvalue weighted by atomic mass is 10.2. The number of nitrogen functional groups attached to an aromatic ring is 1. The SMILES string of the molecule is Cc1cscc1NC(=S)Nc1cc(F)cc(F)c1N. The van der Waals surface area contributed by atoms with Crippen molar-refractivity contribution in [3.05, 3.63) is 40.1 Å². The summed E-state index contributed by atoms with van der Waals surface area (Å²) in [6.45, 7) is 1.93. The molecule has 4 N–H and O–H groups in total. The molecule has 0 amide bonds. The van der Waals surface area contributed by atoms with Crippen LogP contribution in [0.1, 0.15) is 5.56 Å². The number of benzene rings is 1. The van der Waals surface area contributed by atoms with Gasteiger partial charge in [0.05, 0.1) is 17.1 Å². The second-order valence-corrected chi connectivity index (χ2v) is 5.05. The number of nitrogens with two attached hydrogens (primary N) is 1. The summed E-state index contributed by atoms with van der Waals surface area (Å²) >= 11 is 6.60. The molecule has 2 aromatic rings. The van der Waals surface area contributed by atoms with Crippen LogP contribution in [0.15, 0.2) is 22.9 Å². The number of aryl methyl sites for hydroxylation is 1. The average molecular weight is 299 g/mol. The Kier molecular flexibility index (Phi) is 3.96. The van der Waals surface area contributed by atoms with Crippen molar-refractivity contribution < 1.29 is 8.78 Å². The highest BCUT2D eigenvalue weighted by Gasteiger charge is 2.10. The van der Waals surface area contributed by atoms with E-state index in [-0.39, 0.29) is 16.5 Å². The van der Waals surface area contributed by atoms with Gasteiger partial charge in [-0.1, -0.05) is 0 Å². The van der Waals surface area contributed by atoms with Crippen LogP contribution in [0.25, 0.3) is 0 Å². The molecule has 0 aliphatic carbocycles. The van der Waals surface area contributed by atoms with Gasteiger partial charge in [-0.25, -0.2) is 8.78 Å². The summed E-state index contributed by atoms with van der Waals surface area (Å²) in [5, 5.41) is 9.68. The van der Waals surface area contributed by atoms with Crippen LogP contribution in [0, 0.1) is 18.6 Å². The molecule has 1 aromatic heterocycles. The Hall–Kier alpha value is -1.73. The first kappa shape index (κ1) is 13.7. The Morgan fingerprint density at radius 2 is 1.89 bits per heavy atom. The van der Waals surface area contributed by atoms with Crippen LogP contribution in [0.2, 0.25) is 0 Å². The Bertz CT molecular complexity index is 625. The van der Waals surface area contributed by atoms with Crippen molar-refractivity contribution in [1.82, 2.24) is 0 Å². The molecule has 0 atom stereocenters. The molecule has 3 nitrogen and oxygen atoms in total. The van der Waals surface area contributed by atoms with E-state index in [1.807, 2.05) is 17.7 Å². The lowest BCUT2D eigenvalue weighted by molar-refractivity contribution is 0.587. The molecule has 2 rings (SSSR count). The van der Waals surface area contributed by atoms with Gasteiger partial charge in [-0.2, -0.15) is 0 Å². The Morgan fingerprint density at radius 1 is 1.21 bits per heavy atom. The zero-order valence-electron chi connectivity index (χ0n) is 9.96. The fourth-order valence-corrected chi connectivity index (χ4v) is 2.45. The largest absolute Gasteiger partial charge is 0.395 e. The summed E-state index contributed by atoms with van der Waals surface area (Å²) < 4.78 is 26.4. The van der Waals surface area contributed by atoms with Crippen molar-refractivity contribution in [3.63, 3.8) is 0 Å². The minimum Gasteiger partial charge on any atom is -0.395 e. The standard InChI is InChI=1S/C12H11F2N3S2/c1-6-4-19-5-10(6)17-12(18)16-9-3-7(13)2-8(14)11(9)15/h2-5H,15H2,1H3,(H2,16,17,18). The monoisotopic (exact) mass is 299 g/mol. The normalized spacial score (nSPS) is 10.3. The summed E-state index contributed by atoms with van der Waals surface area (Å²) in [4.78, 5) is 0. The van der Waals surface area contributed by atoms with Gasteiger partial charge in [-0.15, -0.1) is 11.3 Å². The van der Waals surface area contributed by atoms with Gasteiger partial charge in [0.1, 0.15) is 5.82 Å². The van der Waals surface area contributed by atoms with Crippen molar-refractivity contribution in [2.75, 3.05) is 16.4 Å². The molecule has 0 fully saturated rings. The predicted molar refractivity (Wildman–Crippen MR) is 79.7 cm³/mol. The molecule has 19 heavy (non-hydrogen) atoms. The van der Waals surface area contributed by atoms with Crippen LogP contribution >= 0.6 is 23.6 Å². The van der Waals surface area contributed by atoms with E-state index in [0.717, 1.165) is 23.4 Å². The van der Waals surface area contributed by atoms with Crippen molar-refractivity contribution in [3.8, 4) is 0 Å². The van der Waals surface area contributed by atoms with Crippen molar-refractivity contribution in [2.45, 2.75) is 6.92 Å². The van der Waals surface area contributed by atoms with Gasteiger partial charge in [-0.3, -0.25) is 0 Å². The van der Waals surface area contributed by atoms with E-state index < -0.39 is 11.6 Å². The van der Waals surface area contributed by atoms with E-state index in [1.165, 1.54) is 11.3 Å². The van der Waals surface area contributed by atoms with Crippen LogP contribution in [0.4, 0.5) is 25.8 Å². The lowest BCUT2D eigenvalue weighted by Crippen LogP contribution is -2.20. The maximum absolute atomic E-state index is 13.3. The minimum atomic E-state index is -0.822. The number of thiophene rings is 1. The maximum Gasteiger partial charge on any atom is 0.175 e. The van der Waals surface area contributed by atoms with E-state index >= 15 is 0 Å². The third kappa shape index (κ3) is 3.18. The van der Waals surface area contributed by atoms with E-state index in [1.54, 1.807) is 0 Å². The quantitative estimate of drug-likeness (QED) is 0.584. The van der Waals surface area contributed by atoms with Crippen LogP contribution < -0.4 is 16.4 Å². The Labute approximate surface area is 118 Å². The molecule has 1 heterocycles. The molecule has 0 saturated carbocycles. The van der Waals surface area contributed by atoms with Gasteiger partial charge >= 0.3 is 0 Å². The third-order valence-corrected chi connectivity index (χ3v) is 3.51. The number of thiocarbonyl (C=S) groups is 1. The zero-order valence-corrected chi connectivity index (χ0v) is 11.6. The molecular formula is C12H11F2N3S2. The van der Waals surface area contributed by atoms with E-state index in [4.69, 9.17) is 18.0 Å². The highest BCUT2D eigenvalue weighted by Crippen LogP contribution is 2.24. The van der Waals surface area contributed by atoms with Crippen molar-refractivity contribution in [2.24, 2.45) is 0 Å². The number of hydrogen-bond acceptors (Lipinski definition) is 3. The van der Waals surface area contributed by atoms with Crippen molar-refractivity contribution >= 4 is 45.7 Å². The average Bonchev–Trinajstić information content (AvgIpc) is 2.71. The van der Waals surface area contributed by atoms with Gasteiger partial charge in [0.15, 0.2) is 10.9 Å². The summed E-state index contributed by atoms with van der Waals surface area (Å²) in [6.07, 6.45) is 0. The highest BCUT2D eigenvalue weighted by atomic mass is 32.1. The van der Waals surface area contributed by atoms with E-state index in [0.29, 0.717) is 0 Å².